The van der Waals surface area contributed by atoms with Gasteiger partial charge in [-0.1, -0.05) is 11.6 Å². The summed E-state index contributed by atoms with van der Waals surface area (Å²) in [6, 6.07) is 0.484. The van der Waals surface area contributed by atoms with Crippen LogP contribution in [0.5, 0.6) is 0 Å². The van der Waals surface area contributed by atoms with E-state index in [0.717, 1.165) is 25.9 Å². The Kier molecular flexibility index (Phi) is 6.63. The molecule has 21 heavy (non-hydrogen) atoms. The predicted molar refractivity (Wildman–Crippen MR) is 70.2 cm³/mol. The average molecular weight is 327 g/mol. The highest BCUT2D eigenvalue weighted by Crippen LogP contribution is 2.13. The molecule has 0 radical (unpaired) electrons. The van der Waals surface area contributed by atoms with E-state index in [0.29, 0.717) is 17.0 Å². The molecule has 0 saturated carbocycles. The summed E-state index contributed by atoms with van der Waals surface area (Å²) in [4.78, 5) is 17.1. The molecule has 0 bridgehead atoms. The summed E-state index contributed by atoms with van der Waals surface area (Å²) in [7, 11) is 0. The lowest BCUT2D eigenvalue weighted by Crippen LogP contribution is -2.35. The van der Waals surface area contributed by atoms with Gasteiger partial charge in [-0.2, -0.15) is 13.2 Å². The third kappa shape index (κ3) is 7.09. The van der Waals surface area contributed by atoms with Crippen molar-refractivity contribution in [3.63, 3.8) is 0 Å². The molecule has 0 aliphatic carbocycles. The normalized spacial score (nSPS) is 15.8. The lowest BCUT2D eigenvalue weighted by Gasteiger charge is -2.23. The third-order valence-corrected chi connectivity index (χ3v) is 2.73. The first-order valence-electron chi connectivity index (χ1n) is 6.04. The number of aliphatic carboxylic acids is 1. The first-order chi connectivity index (χ1) is 9.79. The van der Waals surface area contributed by atoms with Crippen molar-refractivity contribution in [3.05, 3.63) is 17.4 Å². The van der Waals surface area contributed by atoms with Crippen LogP contribution in [0.25, 0.3) is 0 Å². The van der Waals surface area contributed by atoms with Crippen molar-refractivity contribution in [1.29, 1.82) is 0 Å². The number of nitrogens with one attached hydrogen (secondary N) is 2. The van der Waals surface area contributed by atoms with E-state index in [-0.39, 0.29) is 0 Å². The molecule has 118 valence electrons. The fraction of sp³-hybridized carbons (Fsp3) is 0.545. The molecule has 1 aliphatic rings. The van der Waals surface area contributed by atoms with Crippen molar-refractivity contribution in [2.24, 2.45) is 0 Å². The van der Waals surface area contributed by atoms with Crippen LogP contribution in [0.15, 0.2) is 12.4 Å². The van der Waals surface area contributed by atoms with Crippen LogP contribution in [0.1, 0.15) is 12.8 Å². The van der Waals surface area contributed by atoms with Crippen molar-refractivity contribution in [2.75, 3.05) is 18.4 Å². The summed E-state index contributed by atoms with van der Waals surface area (Å²) in [5.41, 5.74) is 0. The Bertz CT molecular complexity index is 450. The zero-order valence-corrected chi connectivity index (χ0v) is 11.6. The highest BCUT2D eigenvalue weighted by Gasteiger charge is 2.38. The number of hydrogen-bond donors (Lipinski definition) is 3. The number of carboxylic acid groups (broad SMARTS) is 1. The summed E-state index contributed by atoms with van der Waals surface area (Å²) in [6.45, 7) is 2.12. The molecule has 0 aromatic carbocycles. The van der Waals surface area contributed by atoms with E-state index < -0.39 is 12.1 Å². The molecule has 2 heterocycles. The number of nitrogens with zero attached hydrogens (tertiary/aromatic N) is 2. The molecule has 1 aliphatic heterocycles. The van der Waals surface area contributed by atoms with Gasteiger partial charge in [-0.15, -0.1) is 0 Å². The van der Waals surface area contributed by atoms with Crippen LogP contribution in [0.3, 0.4) is 0 Å². The highest BCUT2D eigenvalue weighted by atomic mass is 35.5. The van der Waals surface area contributed by atoms with Gasteiger partial charge in [0, 0.05) is 6.04 Å². The SMILES string of the molecule is Clc1cnc(NC2CCNCC2)nc1.O=C(O)C(F)(F)F. The topological polar surface area (TPSA) is 87.1 Å². The number of hydrogen-bond acceptors (Lipinski definition) is 5. The summed E-state index contributed by atoms with van der Waals surface area (Å²) in [5.74, 6) is -2.09. The number of rotatable bonds is 2. The maximum absolute atomic E-state index is 10.6. The number of carbonyl (C=O) groups is 1. The first-order valence-corrected chi connectivity index (χ1v) is 6.41. The van der Waals surface area contributed by atoms with Gasteiger partial charge in [0.15, 0.2) is 0 Å². The second kappa shape index (κ2) is 7.99. The van der Waals surface area contributed by atoms with Crippen LogP contribution in [0.2, 0.25) is 5.02 Å². The summed E-state index contributed by atoms with van der Waals surface area (Å²) >= 11 is 5.69. The molecule has 0 spiro atoms. The molecule has 1 aromatic rings. The monoisotopic (exact) mass is 326 g/mol. The molecule has 1 fully saturated rings. The summed E-state index contributed by atoms with van der Waals surface area (Å²) < 4.78 is 31.7. The smallest absolute Gasteiger partial charge is 0.475 e. The molecular weight excluding hydrogens is 313 g/mol. The van der Waals surface area contributed by atoms with Gasteiger partial charge in [0.05, 0.1) is 17.4 Å². The number of aromatic nitrogens is 2. The predicted octanol–water partition coefficient (Wildman–Crippen LogP) is 1.93. The third-order valence-electron chi connectivity index (χ3n) is 2.54. The Balaban J connectivity index is 0.000000270. The largest absolute Gasteiger partial charge is 0.490 e. The molecular formula is C11H14ClF3N4O2. The van der Waals surface area contributed by atoms with E-state index in [2.05, 4.69) is 20.6 Å². The molecule has 1 saturated heterocycles. The van der Waals surface area contributed by atoms with E-state index in [1.54, 1.807) is 12.4 Å². The fourth-order valence-corrected chi connectivity index (χ4v) is 1.63. The van der Waals surface area contributed by atoms with Gasteiger partial charge in [-0.25, -0.2) is 14.8 Å². The van der Waals surface area contributed by atoms with Crippen molar-refractivity contribution in [2.45, 2.75) is 25.1 Å². The van der Waals surface area contributed by atoms with Crippen LogP contribution in [-0.4, -0.2) is 46.4 Å². The fourth-order valence-electron chi connectivity index (χ4n) is 1.54. The Morgan fingerprint density at radius 1 is 1.33 bits per heavy atom. The van der Waals surface area contributed by atoms with Crippen molar-refractivity contribution >= 4 is 23.5 Å². The molecule has 0 amide bonds. The molecule has 10 heteroatoms. The number of piperidine rings is 1. The van der Waals surface area contributed by atoms with Crippen LogP contribution < -0.4 is 10.6 Å². The molecule has 0 unspecified atom stereocenters. The van der Waals surface area contributed by atoms with Crippen molar-refractivity contribution in [1.82, 2.24) is 15.3 Å². The van der Waals surface area contributed by atoms with Gasteiger partial charge in [-0.05, 0) is 25.9 Å². The Hall–Kier alpha value is -1.61. The lowest BCUT2D eigenvalue weighted by molar-refractivity contribution is -0.192. The Morgan fingerprint density at radius 2 is 1.81 bits per heavy atom. The number of halogens is 4. The van der Waals surface area contributed by atoms with Crippen LogP contribution in [0.4, 0.5) is 19.1 Å². The van der Waals surface area contributed by atoms with Crippen LogP contribution >= 0.6 is 11.6 Å². The zero-order valence-electron chi connectivity index (χ0n) is 10.8. The minimum Gasteiger partial charge on any atom is -0.475 e. The molecule has 6 nitrogen and oxygen atoms in total. The van der Waals surface area contributed by atoms with E-state index in [1.807, 2.05) is 0 Å². The van der Waals surface area contributed by atoms with E-state index >= 15 is 0 Å². The minimum atomic E-state index is -5.08. The molecule has 0 atom stereocenters. The standard InChI is InChI=1S/C9H13ClN4.C2HF3O2/c10-7-5-12-9(13-6-7)14-8-1-3-11-4-2-8;3-2(4,5)1(6)7/h5-6,8,11H,1-4H2,(H,12,13,14);(H,6,7). The van der Waals surface area contributed by atoms with Gasteiger partial charge >= 0.3 is 12.1 Å². The average Bonchev–Trinajstić information content (AvgIpc) is 2.42. The maximum atomic E-state index is 10.6. The Morgan fingerprint density at radius 3 is 2.24 bits per heavy atom. The summed E-state index contributed by atoms with van der Waals surface area (Å²) in [5, 5.41) is 14.3. The number of carboxylic acids is 1. The van der Waals surface area contributed by atoms with Crippen molar-refractivity contribution < 1.29 is 23.1 Å². The second-order valence-electron chi connectivity index (χ2n) is 4.20. The lowest BCUT2D eigenvalue weighted by atomic mass is 10.1. The zero-order chi connectivity index (χ0) is 15.9. The van der Waals surface area contributed by atoms with Gasteiger partial charge in [0.2, 0.25) is 5.95 Å². The minimum absolute atomic E-state index is 0.484. The van der Waals surface area contributed by atoms with Crippen LogP contribution in [0, 0.1) is 0 Å². The van der Waals surface area contributed by atoms with Gasteiger partial charge in [0.25, 0.3) is 0 Å². The Labute approximate surface area is 123 Å². The van der Waals surface area contributed by atoms with Gasteiger partial charge in [0.1, 0.15) is 0 Å². The number of anilines is 1. The summed E-state index contributed by atoms with van der Waals surface area (Å²) in [6.07, 6.45) is 0.369. The van der Waals surface area contributed by atoms with E-state index in [1.165, 1.54) is 0 Å². The van der Waals surface area contributed by atoms with Gasteiger partial charge < -0.3 is 15.7 Å². The van der Waals surface area contributed by atoms with Gasteiger partial charge in [-0.3, -0.25) is 0 Å². The number of alkyl halides is 3. The van der Waals surface area contributed by atoms with E-state index in [9.17, 15) is 13.2 Å². The second-order valence-corrected chi connectivity index (χ2v) is 4.63. The highest BCUT2D eigenvalue weighted by molar-refractivity contribution is 6.30. The van der Waals surface area contributed by atoms with Crippen molar-refractivity contribution in [3.8, 4) is 0 Å². The van der Waals surface area contributed by atoms with Crippen LogP contribution in [-0.2, 0) is 4.79 Å². The molecule has 1 aromatic heterocycles. The quantitative estimate of drug-likeness (QED) is 0.770. The molecule has 3 N–H and O–H groups in total. The van der Waals surface area contributed by atoms with E-state index in [4.69, 9.17) is 21.5 Å². The first kappa shape index (κ1) is 17.4. The maximum Gasteiger partial charge on any atom is 0.490 e. The molecule has 2 rings (SSSR count).